The minimum atomic E-state index is -0.695. The van der Waals surface area contributed by atoms with Gasteiger partial charge in [0.05, 0.1) is 16.6 Å². The molecule has 5 heteroatoms. The molecular weight excluding hydrogens is 206 g/mol. The second-order valence-electron chi connectivity index (χ2n) is 3.07. The van der Waals surface area contributed by atoms with E-state index in [4.69, 9.17) is 5.26 Å². The summed E-state index contributed by atoms with van der Waals surface area (Å²) in [5.41, 5.74) is 0.322. The molecule has 0 radical (unpaired) electrons. The highest BCUT2D eigenvalue weighted by Crippen LogP contribution is 2.23. The molecule has 1 atom stereocenters. The van der Waals surface area contributed by atoms with Crippen LogP contribution >= 0.6 is 0 Å². The van der Waals surface area contributed by atoms with Crippen molar-refractivity contribution in [1.29, 1.82) is 5.26 Å². The van der Waals surface area contributed by atoms with Gasteiger partial charge in [-0.3, -0.25) is 15.4 Å². The zero-order valence-electron chi connectivity index (χ0n) is 8.59. The minimum absolute atomic E-state index is 0.0504. The molecule has 0 saturated carbocycles. The van der Waals surface area contributed by atoms with Gasteiger partial charge < -0.3 is 0 Å². The molecule has 0 aromatic heterocycles. The average molecular weight is 217 g/mol. The first-order valence-electron chi connectivity index (χ1n) is 4.68. The third-order valence-corrected chi connectivity index (χ3v) is 2.04. The summed E-state index contributed by atoms with van der Waals surface area (Å²) in [6.45, 7) is 3.93. The molecule has 1 aromatic rings. The number of benzene rings is 1. The van der Waals surface area contributed by atoms with Crippen molar-refractivity contribution in [2.75, 3.05) is 6.54 Å². The Morgan fingerprint density at radius 3 is 2.88 bits per heavy atom. The lowest BCUT2D eigenvalue weighted by Gasteiger charge is -2.10. The number of para-hydroxylation sites is 1. The molecule has 0 aliphatic heterocycles. The third-order valence-electron chi connectivity index (χ3n) is 2.04. The Labute approximate surface area is 93.2 Å². The van der Waals surface area contributed by atoms with Gasteiger partial charge in [-0.1, -0.05) is 18.2 Å². The van der Waals surface area contributed by atoms with E-state index in [9.17, 15) is 10.1 Å². The number of nitro benzene ring substituents is 1. The topological polar surface area (TPSA) is 79.0 Å². The van der Waals surface area contributed by atoms with Crippen molar-refractivity contribution in [3.63, 3.8) is 0 Å². The molecular formula is C11H11N3O2. The van der Waals surface area contributed by atoms with E-state index in [0.29, 0.717) is 12.1 Å². The highest BCUT2D eigenvalue weighted by atomic mass is 16.6. The number of nitrogens with one attached hydrogen (secondary N) is 1. The van der Waals surface area contributed by atoms with Crippen LogP contribution in [0.4, 0.5) is 5.69 Å². The molecule has 0 spiro atoms. The molecule has 0 aliphatic carbocycles. The summed E-state index contributed by atoms with van der Waals surface area (Å²) in [5.74, 6) is 0. The second kappa shape index (κ2) is 5.63. The van der Waals surface area contributed by atoms with Crippen LogP contribution in [-0.2, 0) is 0 Å². The molecule has 1 unspecified atom stereocenters. The molecule has 0 fully saturated rings. The Hall–Kier alpha value is -2.19. The van der Waals surface area contributed by atoms with E-state index in [0.717, 1.165) is 0 Å². The molecule has 1 rings (SSSR count). The van der Waals surface area contributed by atoms with Crippen LogP contribution in [0.2, 0.25) is 0 Å². The summed E-state index contributed by atoms with van der Waals surface area (Å²) < 4.78 is 0. The van der Waals surface area contributed by atoms with Crippen LogP contribution < -0.4 is 5.32 Å². The second-order valence-corrected chi connectivity index (χ2v) is 3.07. The minimum Gasteiger partial charge on any atom is -0.294 e. The Morgan fingerprint density at radius 2 is 2.31 bits per heavy atom. The maximum atomic E-state index is 10.8. The van der Waals surface area contributed by atoms with Gasteiger partial charge in [0.15, 0.2) is 0 Å². The first kappa shape index (κ1) is 11.9. The van der Waals surface area contributed by atoms with Gasteiger partial charge in [0.25, 0.3) is 5.69 Å². The van der Waals surface area contributed by atoms with Gasteiger partial charge in [-0.15, -0.1) is 6.58 Å². The smallest absolute Gasteiger partial charge is 0.275 e. The quantitative estimate of drug-likeness (QED) is 0.464. The molecule has 1 aromatic carbocycles. The highest BCUT2D eigenvalue weighted by Gasteiger charge is 2.20. The molecule has 0 heterocycles. The monoisotopic (exact) mass is 217 g/mol. The molecule has 0 saturated heterocycles. The van der Waals surface area contributed by atoms with E-state index in [-0.39, 0.29) is 5.69 Å². The fourth-order valence-corrected chi connectivity index (χ4v) is 1.32. The zero-order chi connectivity index (χ0) is 12.0. The van der Waals surface area contributed by atoms with E-state index in [2.05, 4.69) is 11.9 Å². The van der Waals surface area contributed by atoms with Gasteiger partial charge in [-0.05, 0) is 6.07 Å². The first-order chi connectivity index (χ1) is 7.70. The Morgan fingerprint density at radius 1 is 1.62 bits per heavy atom. The largest absolute Gasteiger partial charge is 0.294 e. The molecule has 82 valence electrons. The van der Waals surface area contributed by atoms with Gasteiger partial charge in [-0.25, -0.2) is 0 Å². The number of hydrogen-bond acceptors (Lipinski definition) is 4. The van der Waals surface area contributed by atoms with Crippen LogP contribution in [0.1, 0.15) is 11.6 Å². The standard InChI is InChI=1S/C11H11N3O2/c1-2-7-13-10(8-12)9-5-3-4-6-11(9)14(15)16/h2-6,10,13H,1,7H2. The van der Waals surface area contributed by atoms with Crippen LogP contribution in [0, 0.1) is 21.4 Å². The summed E-state index contributed by atoms with van der Waals surface area (Å²) in [7, 11) is 0. The maximum absolute atomic E-state index is 10.8. The van der Waals surface area contributed by atoms with E-state index in [1.54, 1.807) is 24.3 Å². The summed E-state index contributed by atoms with van der Waals surface area (Å²) in [4.78, 5) is 10.3. The summed E-state index contributed by atoms with van der Waals surface area (Å²) in [6.07, 6.45) is 1.60. The van der Waals surface area contributed by atoms with E-state index in [1.165, 1.54) is 6.07 Å². The molecule has 0 amide bonds. The van der Waals surface area contributed by atoms with Gasteiger partial charge in [0, 0.05) is 12.6 Å². The normalized spacial score (nSPS) is 11.4. The first-order valence-corrected chi connectivity index (χ1v) is 4.68. The Bertz CT molecular complexity index is 437. The molecule has 5 nitrogen and oxygen atoms in total. The van der Waals surface area contributed by atoms with Crippen LogP contribution in [0.3, 0.4) is 0 Å². The summed E-state index contributed by atoms with van der Waals surface area (Å²) in [5, 5.41) is 22.6. The summed E-state index contributed by atoms with van der Waals surface area (Å²) in [6, 6.07) is 7.49. The highest BCUT2D eigenvalue weighted by molar-refractivity contribution is 5.44. The molecule has 0 aliphatic rings. The van der Waals surface area contributed by atoms with Crippen molar-refractivity contribution in [2.24, 2.45) is 0 Å². The Balaban J connectivity index is 3.05. The van der Waals surface area contributed by atoms with Gasteiger partial charge >= 0.3 is 0 Å². The van der Waals surface area contributed by atoms with E-state index in [1.807, 2.05) is 6.07 Å². The molecule has 1 N–H and O–H groups in total. The van der Waals surface area contributed by atoms with Gasteiger partial charge in [-0.2, -0.15) is 5.26 Å². The third kappa shape index (κ3) is 2.65. The molecule has 16 heavy (non-hydrogen) atoms. The van der Waals surface area contributed by atoms with Crippen LogP contribution in [0.5, 0.6) is 0 Å². The molecule has 0 bridgehead atoms. The van der Waals surface area contributed by atoms with Crippen LogP contribution in [0.25, 0.3) is 0 Å². The van der Waals surface area contributed by atoms with Crippen molar-refractivity contribution in [1.82, 2.24) is 5.32 Å². The predicted molar refractivity (Wildman–Crippen MR) is 59.7 cm³/mol. The SMILES string of the molecule is C=CCNC(C#N)c1ccccc1[N+](=O)[O-]. The van der Waals surface area contributed by atoms with Gasteiger partial charge in [0.1, 0.15) is 6.04 Å². The zero-order valence-corrected chi connectivity index (χ0v) is 8.59. The van der Waals surface area contributed by atoms with E-state index >= 15 is 0 Å². The number of rotatable bonds is 5. The van der Waals surface area contributed by atoms with E-state index < -0.39 is 11.0 Å². The van der Waals surface area contributed by atoms with Crippen molar-refractivity contribution >= 4 is 5.69 Å². The van der Waals surface area contributed by atoms with Crippen LogP contribution in [0.15, 0.2) is 36.9 Å². The Kier molecular flexibility index (Phi) is 4.18. The number of nitro groups is 1. The lowest BCUT2D eigenvalue weighted by Crippen LogP contribution is -2.20. The maximum Gasteiger partial charge on any atom is 0.275 e. The number of nitriles is 1. The lowest BCUT2D eigenvalue weighted by molar-refractivity contribution is -0.385. The number of hydrogen-bond donors (Lipinski definition) is 1. The van der Waals surface area contributed by atoms with Crippen molar-refractivity contribution in [3.8, 4) is 6.07 Å². The fourth-order valence-electron chi connectivity index (χ4n) is 1.32. The predicted octanol–water partition coefficient (Wildman–Crippen LogP) is 1.94. The summed E-state index contributed by atoms with van der Waals surface area (Å²) >= 11 is 0. The van der Waals surface area contributed by atoms with Crippen molar-refractivity contribution in [2.45, 2.75) is 6.04 Å². The van der Waals surface area contributed by atoms with Crippen molar-refractivity contribution in [3.05, 3.63) is 52.6 Å². The lowest BCUT2D eigenvalue weighted by atomic mass is 10.1. The van der Waals surface area contributed by atoms with Crippen molar-refractivity contribution < 1.29 is 4.92 Å². The number of nitrogens with zero attached hydrogens (tertiary/aromatic N) is 2. The fraction of sp³-hybridized carbons (Fsp3) is 0.182. The van der Waals surface area contributed by atoms with Gasteiger partial charge in [0.2, 0.25) is 0 Å². The average Bonchev–Trinajstić information content (AvgIpc) is 2.30. The van der Waals surface area contributed by atoms with Crippen LogP contribution in [-0.4, -0.2) is 11.5 Å².